The highest BCUT2D eigenvalue weighted by Crippen LogP contribution is 2.34. The second-order valence-electron chi connectivity index (χ2n) is 9.21. The number of benzene rings is 3. The number of fused-ring (bicyclic) bond motifs is 1. The molecule has 0 saturated carbocycles. The molecule has 3 atom stereocenters. The van der Waals surface area contributed by atoms with E-state index >= 15 is 0 Å². The van der Waals surface area contributed by atoms with Gasteiger partial charge < -0.3 is 16.0 Å². The first-order valence-electron chi connectivity index (χ1n) is 12.3. The molecule has 1 aliphatic rings. The lowest BCUT2D eigenvalue weighted by molar-refractivity contribution is -0.130. The van der Waals surface area contributed by atoms with Crippen molar-refractivity contribution < 1.29 is 18.8 Å². The summed E-state index contributed by atoms with van der Waals surface area (Å²) in [5, 5.41) is 8.62. The van der Waals surface area contributed by atoms with Crippen molar-refractivity contribution in [3.05, 3.63) is 101 Å². The zero-order valence-corrected chi connectivity index (χ0v) is 21.1. The molecule has 3 N–H and O–H groups in total. The molecule has 0 unspecified atom stereocenters. The highest BCUT2D eigenvalue weighted by molar-refractivity contribution is 6.07. The highest BCUT2D eigenvalue weighted by atomic mass is 19.1. The highest BCUT2D eigenvalue weighted by Gasteiger charge is 2.41. The Hall–Kier alpha value is -4.04. The first kappa shape index (κ1) is 26.0. The fourth-order valence-electron chi connectivity index (χ4n) is 4.47. The molecule has 8 heteroatoms. The van der Waals surface area contributed by atoms with Gasteiger partial charge in [-0.05, 0) is 61.3 Å². The maximum Gasteiger partial charge on any atom is 0.254 e. The van der Waals surface area contributed by atoms with E-state index in [1.165, 1.54) is 17.0 Å². The number of carbonyl (C=O) groups excluding carboxylic acids is 3. The van der Waals surface area contributed by atoms with E-state index in [1.54, 1.807) is 50.4 Å². The lowest BCUT2D eigenvalue weighted by Gasteiger charge is -2.30. The van der Waals surface area contributed by atoms with Crippen LogP contribution in [0.5, 0.6) is 0 Å². The number of aryl methyl sites for hydroxylation is 1. The number of anilines is 1. The summed E-state index contributed by atoms with van der Waals surface area (Å²) in [4.78, 5) is 41.8. The molecular weight excluding hydrogens is 471 g/mol. The van der Waals surface area contributed by atoms with Crippen LogP contribution in [0.25, 0.3) is 0 Å². The van der Waals surface area contributed by atoms with E-state index < -0.39 is 24.0 Å². The number of hydrogen-bond acceptors (Lipinski definition) is 4. The monoisotopic (exact) mass is 502 g/mol. The third-order valence-corrected chi connectivity index (χ3v) is 6.77. The Kier molecular flexibility index (Phi) is 7.98. The van der Waals surface area contributed by atoms with Crippen LogP contribution in [0, 0.1) is 12.7 Å². The SMILES string of the molecule is CN[C@@H](C)C(=O)N[C@H](C(=O)N1c2ccccc2C[C@H]1C(=O)NCc1cc(F)ccc1C)c1ccccc1. The second kappa shape index (κ2) is 11.3. The van der Waals surface area contributed by atoms with Crippen LogP contribution in [0.1, 0.15) is 35.2 Å². The van der Waals surface area contributed by atoms with Gasteiger partial charge in [0.2, 0.25) is 11.8 Å². The van der Waals surface area contributed by atoms with Gasteiger partial charge in [0.05, 0.1) is 6.04 Å². The van der Waals surface area contributed by atoms with Crippen molar-refractivity contribution in [2.45, 2.75) is 44.9 Å². The van der Waals surface area contributed by atoms with E-state index in [9.17, 15) is 18.8 Å². The fourth-order valence-corrected chi connectivity index (χ4v) is 4.47. The predicted molar refractivity (Wildman–Crippen MR) is 140 cm³/mol. The number of hydrogen-bond donors (Lipinski definition) is 3. The number of nitrogens with zero attached hydrogens (tertiary/aromatic N) is 1. The van der Waals surface area contributed by atoms with E-state index in [2.05, 4.69) is 16.0 Å². The molecule has 192 valence electrons. The summed E-state index contributed by atoms with van der Waals surface area (Å²) in [6, 6.07) is 18.5. The van der Waals surface area contributed by atoms with E-state index in [1.807, 2.05) is 31.2 Å². The number of rotatable bonds is 8. The zero-order chi connectivity index (χ0) is 26.5. The van der Waals surface area contributed by atoms with Crippen molar-refractivity contribution in [1.29, 1.82) is 0 Å². The number of para-hydroxylation sites is 1. The summed E-state index contributed by atoms with van der Waals surface area (Å²) in [5.74, 6) is -1.47. The van der Waals surface area contributed by atoms with E-state index in [4.69, 9.17) is 0 Å². The number of nitrogens with one attached hydrogen (secondary N) is 3. The van der Waals surface area contributed by atoms with Crippen molar-refractivity contribution in [3.63, 3.8) is 0 Å². The molecule has 7 nitrogen and oxygen atoms in total. The summed E-state index contributed by atoms with van der Waals surface area (Å²) in [6.45, 7) is 3.69. The molecule has 3 aromatic rings. The molecule has 0 aromatic heterocycles. The third-order valence-electron chi connectivity index (χ3n) is 6.77. The van der Waals surface area contributed by atoms with Crippen LogP contribution in [-0.2, 0) is 27.3 Å². The van der Waals surface area contributed by atoms with Gasteiger partial charge in [0.1, 0.15) is 17.9 Å². The molecule has 0 saturated heterocycles. The quantitative estimate of drug-likeness (QED) is 0.441. The van der Waals surface area contributed by atoms with Crippen LogP contribution in [0.2, 0.25) is 0 Å². The molecule has 3 aromatic carbocycles. The topological polar surface area (TPSA) is 90.5 Å². The summed E-state index contributed by atoms with van der Waals surface area (Å²) < 4.78 is 13.8. The van der Waals surface area contributed by atoms with Gasteiger partial charge in [0, 0.05) is 18.7 Å². The predicted octanol–water partition coefficient (Wildman–Crippen LogP) is 3.17. The Morgan fingerprint density at radius 3 is 2.46 bits per heavy atom. The smallest absolute Gasteiger partial charge is 0.254 e. The van der Waals surface area contributed by atoms with Crippen LogP contribution >= 0.6 is 0 Å². The van der Waals surface area contributed by atoms with Crippen molar-refractivity contribution in [1.82, 2.24) is 16.0 Å². The van der Waals surface area contributed by atoms with E-state index in [-0.39, 0.29) is 24.2 Å². The molecule has 1 heterocycles. The minimum Gasteiger partial charge on any atom is -0.350 e. The molecule has 0 spiro atoms. The van der Waals surface area contributed by atoms with Gasteiger partial charge in [-0.3, -0.25) is 19.3 Å². The van der Waals surface area contributed by atoms with Gasteiger partial charge >= 0.3 is 0 Å². The largest absolute Gasteiger partial charge is 0.350 e. The van der Waals surface area contributed by atoms with Crippen LogP contribution < -0.4 is 20.9 Å². The average Bonchev–Trinajstić information content (AvgIpc) is 3.31. The van der Waals surface area contributed by atoms with Gasteiger partial charge in [-0.15, -0.1) is 0 Å². The maximum atomic E-state index is 14.1. The van der Waals surface area contributed by atoms with Crippen molar-refractivity contribution in [3.8, 4) is 0 Å². The summed E-state index contributed by atoms with van der Waals surface area (Å²) in [6.07, 6.45) is 0.332. The summed E-state index contributed by atoms with van der Waals surface area (Å²) in [7, 11) is 1.67. The maximum absolute atomic E-state index is 14.1. The summed E-state index contributed by atoms with van der Waals surface area (Å²) >= 11 is 0. The molecule has 0 bridgehead atoms. The number of amides is 3. The molecular formula is C29H31FN4O3. The fraction of sp³-hybridized carbons (Fsp3) is 0.276. The summed E-state index contributed by atoms with van der Waals surface area (Å²) in [5.41, 5.74) is 3.63. The Bertz CT molecular complexity index is 1300. The zero-order valence-electron chi connectivity index (χ0n) is 21.1. The molecule has 1 aliphatic heterocycles. The Morgan fingerprint density at radius 2 is 1.73 bits per heavy atom. The van der Waals surface area contributed by atoms with Gasteiger partial charge in [-0.1, -0.05) is 54.6 Å². The van der Waals surface area contributed by atoms with Crippen LogP contribution in [0.4, 0.5) is 10.1 Å². The molecule has 0 fully saturated rings. The standard InChI is InChI=1S/C29H31FN4O3/c1-18-13-14-23(30)15-22(18)17-32-28(36)25-16-21-11-7-8-12-24(21)34(25)29(37)26(20-9-5-4-6-10-20)33-27(35)19(2)31-3/h4-15,19,25-26,31H,16-17H2,1-3H3,(H,32,36)(H,33,35)/t19-,25-,26-/m0/s1. The van der Waals surface area contributed by atoms with Crippen LogP contribution in [0.15, 0.2) is 72.8 Å². The lowest BCUT2D eigenvalue weighted by atomic mass is 10.0. The van der Waals surface area contributed by atoms with Gasteiger partial charge in [-0.25, -0.2) is 4.39 Å². The third kappa shape index (κ3) is 5.70. The van der Waals surface area contributed by atoms with Crippen molar-refractivity contribution in [2.75, 3.05) is 11.9 Å². The average molecular weight is 503 g/mol. The molecule has 3 amide bonds. The van der Waals surface area contributed by atoms with E-state index in [0.717, 1.165) is 11.1 Å². The minimum absolute atomic E-state index is 0.135. The normalized spacial score (nSPS) is 16.0. The van der Waals surface area contributed by atoms with E-state index in [0.29, 0.717) is 23.2 Å². The lowest BCUT2D eigenvalue weighted by Crippen LogP contribution is -2.53. The first-order valence-corrected chi connectivity index (χ1v) is 12.3. The molecule has 0 radical (unpaired) electrons. The van der Waals surface area contributed by atoms with Crippen LogP contribution in [0.3, 0.4) is 0 Å². The van der Waals surface area contributed by atoms with Crippen molar-refractivity contribution >= 4 is 23.4 Å². The Morgan fingerprint density at radius 1 is 1.03 bits per heavy atom. The Labute approximate surface area is 216 Å². The second-order valence-corrected chi connectivity index (χ2v) is 9.21. The van der Waals surface area contributed by atoms with Crippen molar-refractivity contribution in [2.24, 2.45) is 0 Å². The first-order chi connectivity index (χ1) is 17.8. The van der Waals surface area contributed by atoms with Crippen LogP contribution in [-0.4, -0.2) is 36.9 Å². The Balaban J connectivity index is 1.64. The van der Waals surface area contributed by atoms with Gasteiger partial charge in [-0.2, -0.15) is 0 Å². The number of likely N-dealkylation sites (N-methyl/N-ethyl adjacent to an activating group) is 1. The van der Waals surface area contributed by atoms with Gasteiger partial charge in [0.15, 0.2) is 0 Å². The van der Waals surface area contributed by atoms with Gasteiger partial charge in [0.25, 0.3) is 5.91 Å². The molecule has 0 aliphatic carbocycles. The number of halogens is 1. The number of carbonyl (C=O) groups is 3. The minimum atomic E-state index is -0.989. The molecule has 37 heavy (non-hydrogen) atoms. The molecule has 4 rings (SSSR count).